The number of aromatic nitrogens is 2. The third kappa shape index (κ3) is 3.43. The van der Waals surface area contributed by atoms with Crippen LogP contribution in [0, 0.1) is 0 Å². The Hall–Kier alpha value is -2.59. The third-order valence-electron chi connectivity index (χ3n) is 3.55. The highest BCUT2D eigenvalue weighted by molar-refractivity contribution is 6.30. The highest BCUT2D eigenvalue weighted by Crippen LogP contribution is 2.15. The van der Waals surface area contributed by atoms with Crippen LogP contribution >= 0.6 is 11.6 Å². The van der Waals surface area contributed by atoms with E-state index < -0.39 is 0 Å². The Kier molecular flexibility index (Phi) is 4.44. The topological polar surface area (TPSA) is 38.1 Å². The van der Waals surface area contributed by atoms with Crippen molar-refractivity contribution in [3.05, 3.63) is 83.4 Å². The number of imidazole rings is 1. The molecule has 0 unspecified atom stereocenters. The Morgan fingerprint density at radius 1 is 1.17 bits per heavy atom. The monoisotopic (exact) mass is 325 g/mol. The van der Waals surface area contributed by atoms with E-state index >= 15 is 0 Å². The minimum atomic E-state index is -0.0914. The summed E-state index contributed by atoms with van der Waals surface area (Å²) < 4.78 is 1.79. The number of carbonyl (C=O) groups excluding carboxylic acids is 1. The van der Waals surface area contributed by atoms with E-state index in [0.29, 0.717) is 17.3 Å². The van der Waals surface area contributed by atoms with Crippen molar-refractivity contribution >= 4 is 17.5 Å². The highest BCUT2D eigenvalue weighted by Gasteiger charge is 2.17. The number of benzene rings is 2. The lowest BCUT2D eigenvalue weighted by Gasteiger charge is -2.18. The van der Waals surface area contributed by atoms with Crippen molar-refractivity contribution in [1.82, 2.24) is 14.5 Å². The van der Waals surface area contributed by atoms with Gasteiger partial charge in [0.1, 0.15) is 5.69 Å². The number of nitrogens with zero attached hydrogens (tertiary/aromatic N) is 3. The first-order chi connectivity index (χ1) is 11.1. The molecule has 23 heavy (non-hydrogen) atoms. The minimum absolute atomic E-state index is 0.0914. The average Bonchev–Trinajstić information content (AvgIpc) is 3.04. The van der Waals surface area contributed by atoms with Crippen LogP contribution in [0.4, 0.5) is 0 Å². The first-order valence-corrected chi connectivity index (χ1v) is 7.60. The second kappa shape index (κ2) is 6.67. The Morgan fingerprint density at radius 2 is 1.96 bits per heavy atom. The standard InChI is InChI=1S/C18H16ClN3O/c1-21(12-14-6-5-7-15(19)10-14)18(23)17-11-20-13-22(17)16-8-3-2-4-9-16/h2-11,13H,12H2,1H3. The second-order valence-electron chi connectivity index (χ2n) is 5.28. The van der Waals surface area contributed by atoms with E-state index in [4.69, 9.17) is 11.6 Å². The Morgan fingerprint density at radius 3 is 2.70 bits per heavy atom. The van der Waals surface area contributed by atoms with E-state index in [2.05, 4.69) is 4.98 Å². The van der Waals surface area contributed by atoms with E-state index in [1.54, 1.807) is 29.0 Å². The molecule has 0 N–H and O–H groups in total. The summed E-state index contributed by atoms with van der Waals surface area (Å²) in [5.41, 5.74) is 2.42. The van der Waals surface area contributed by atoms with Gasteiger partial charge in [-0.05, 0) is 29.8 Å². The fourth-order valence-electron chi connectivity index (χ4n) is 2.42. The first kappa shape index (κ1) is 15.3. The largest absolute Gasteiger partial charge is 0.336 e. The number of rotatable bonds is 4. The molecule has 0 spiro atoms. The van der Waals surface area contributed by atoms with Gasteiger partial charge in [0.05, 0.1) is 12.5 Å². The van der Waals surface area contributed by atoms with Gasteiger partial charge in [-0.2, -0.15) is 0 Å². The molecule has 2 aromatic carbocycles. The molecule has 0 aliphatic rings. The number of halogens is 1. The first-order valence-electron chi connectivity index (χ1n) is 7.23. The number of hydrogen-bond donors (Lipinski definition) is 0. The van der Waals surface area contributed by atoms with Crippen molar-refractivity contribution in [3.8, 4) is 5.69 Å². The molecule has 0 bridgehead atoms. The minimum Gasteiger partial charge on any atom is -0.336 e. The summed E-state index contributed by atoms with van der Waals surface area (Å²) in [5.74, 6) is -0.0914. The number of carbonyl (C=O) groups is 1. The Bertz CT molecular complexity index is 814. The van der Waals surface area contributed by atoms with Gasteiger partial charge in [-0.15, -0.1) is 0 Å². The van der Waals surface area contributed by atoms with Gasteiger partial charge in [0, 0.05) is 24.3 Å². The van der Waals surface area contributed by atoms with E-state index in [-0.39, 0.29) is 5.91 Å². The quantitative estimate of drug-likeness (QED) is 0.732. The van der Waals surface area contributed by atoms with E-state index in [1.165, 1.54) is 0 Å². The molecular formula is C18H16ClN3O. The van der Waals surface area contributed by atoms with E-state index in [0.717, 1.165) is 11.3 Å². The maximum atomic E-state index is 12.7. The Balaban J connectivity index is 1.82. The van der Waals surface area contributed by atoms with Crippen molar-refractivity contribution in [2.45, 2.75) is 6.54 Å². The van der Waals surface area contributed by atoms with Gasteiger partial charge < -0.3 is 4.90 Å². The summed E-state index contributed by atoms with van der Waals surface area (Å²) in [6, 6.07) is 17.2. The van der Waals surface area contributed by atoms with Gasteiger partial charge in [-0.3, -0.25) is 9.36 Å². The van der Waals surface area contributed by atoms with Crippen molar-refractivity contribution in [3.63, 3.8) is 0 Å². The molecule has 3 aromatic rings. The van der Waals surface area contributed by atoms with Crippen LogP contribution in [0.1, 0.15) is 16.1 Å². The third-order valence-corrected chi connectivity index (χ3v) is 3.78. The molecule has 1 aromatic heterocycles. The van der Waals surface area contributed by atoms with Crippen LogP contribution in [0.2, 0.25) is 5.02 Å². The molecule has 0 aliphatic heterocycles. The molecule has 0 fully saturated rings. The SMILES string of the molecule is CN(Cc1cccc(Cl)c1)C(=O)c1cncn1-c1ccccc1. The van der Waals surface area contributed by atoms with Crippen LogP contribution in [-0.2, 0) is 6.54 Å². The van der Waals surface area contributed by atoms with Crippen LogP contribution in [-0.4, -0.2) is 27.4 Å². The predicted octanol–water partition coefficient (Wildman–Crippen LogP) is 3.80. The van der Waals surface area contributed by atoms with Gasteiger partial charge in [0.25, 0.3) is 5.91 Å². The van der Waals surface area contributed by atoms with Gasteiger partial charge in [-0.25, -0.2) is 4.98 Å². The van der Waals surface area contributed by atoms with Crippen LogP contribution in [0.3, 0.4) is 0 Å². The fourth-order valence-corrected chi connectivity index (χ4v) is 2.64. The molecular weight excluding hydrogens is 310 g/mol. The van der Waals surface area contributed by atoms with Crippen LogP contribution in [0.25, 0.3) is 5.69 Å². The lowest BCUT2D eigenvalue weighted by Crippen LogP contribution is -2.28. The summed E-state index contributed by atoms with van der Waals surface area (Å²) in [6.07, 6.45) is 3.24. The zero-order valence-electron chi connectivity index (χ0n) is 12.7. The van der Waals surface area contributed by atoms with Crippen LogP contribution < -0.4 is 0 Å². The molecule has 0 atom stereocenters. The molecule has 1 amide bonds. The normalized spacial score (nSPS) is 10.5. The average molecular weight is 326 g/mol. The van der Waals surface area contributed by atoms with Gasteiger partial charge >= 0.3 is 0 Å². The maximum absolute atomic E-state index is 12.7. The van der Waals surface area contributed by atoms with Gasteiger partial charge in [-0.1, -0.05) is 41.9 Å². The Labute approximate surface area is 140 Å². The summed E-state index contributed by atoms with van der Waals surface area (Å²) >= 11 is 6.00. The van der Waals surface area contributed by atoms with Crippen LogP contribution in [0.15, 0.2) is 67.1 Å². The summed E-state index contributed by atoms with van der Waals surface area (Å²) in [5, 5.41) is 0.665. The molecule has 1 heterocycles. The number of para-hydroxylation sites is 1. The lowest BCUT2D eigenvalue weighted by molar-refractivity contribution is 0.0777. The molecule has 4 nitrogen and oxygen atoms in total. The smallest absolute Gasteiger partial charge is 0.272 e. The van der Waals surface area contributed by atoms with Crippen LogP contribution in [0.5, 0.6) is 0 Å². The fraction of sp³-hybridized carbons (Fsp3) is 0.111. The summed E-state index contributed by atoms with van der Waals surface area (Å²) in [6.45, 7) is 0.485. The molecule has 0 saturated heterocycles. The molecule has 0 aliphatic carbocycles. The summed E-state index contributed by atoms with van der Waals surface area (Å²) in [4.78, 5) is 18.5. The molecule has 5 heteroatoms. The lowest BCUT2D eigenvalue weighted by atomic mass is 10.2. The molecule has 116 valence electrons. The number of amides is 1. The van der Waals surface area contributed by atoms with Crippen molar-refractivity contribution in [2.24, 2.45) is 0 Å². The predicted molar refractivity (Wildman–Crippen MR) is 90.8 cm³/mol. The number of hydrogen-bond acceptors (Lipinski definition) is 2. The van der Waals surface area contributed by atoms with E-state index in [1.807, 2.05) is 54.6 Å². The second-order valence-corrected chi connectivity index (χ2v) is 5.71. The summed E-state index contributed by atoms with van der Waals surface area (Å²) in [7, 11) is 1.77. The van der Waals surface area contributed by atoms with Gasteiger partial charge in [0.15, 0.2) is 0 Å². The molecule has 0 saturated carbocycles. The molecule has 3 rings (SSSR count). The van der Waals surface area contributed by atoms with Gasteiger partial charge in [0.2, 0.25) is 0 Å². The van der Waals surface area contributed by atoms with E-state index in [9.17, 15) is 4.79 Å². The zero-order valence-corrected chi connectivity index (χ0v) is 13.4. The highest BCUT2D eigenvalue weighted by atomic mass is 35.5. The van der Waals surface area contributed by atoms with Crippen molar-refractivity contribution in [2.75, 3.05) is 7.05 Å². The zero-order chi connectivity index (χ0) is 16.2. The molecule has 0 radical (unpaired) electrons. The maximum Gasteiger partial charge on any atom is 0.272 e. The van der Waals surface area contributed by atoms with Crippen molar-refractivity contribution < 1.29 is 4.79 Å². The van der Waals surface area contributed by atoms with Crippen molar-refractivity contribution in [1.29, 1.82) is 0 Å².